The average Bonchev–Trinajstić information content (AvgIpc) is 3.23. The minimum atomic E-state index is 0.251. The second-order valence-corrected chi connectivity index (χ2v) is 6.67. The molecule has 0 spiro atoms. The molecule has 1 aromatic carbocycles. The van der Waals surface area contributed by atoms with Crippen LogP contribution in [0.5, 0.6) is 0 Å². The molecule has 3 aromatic rings. The molecule has 1 aliphatic rings. The summed E-state index contributed by atoms with van der Waals surface area (Å²) < 4.78 is 0. The molecule has 27 heavy (non-hydrogen) atoms. The summed E-state index contributed by atoms with van der Waals surface area (Å²) >= 11 is 0. The van der Waals surface area contributed by atoms with Gasteiger partial charge in [-0.1, -0.05) is 12.8 Å². The number of amides is 1. The van der Waals surface area contributed by atoms with Crippen molar-refractivity contribution in [2.24, 2.45) is 0 Å². The third-order valence-electron chi connectivity index (χ3n) is 5.00. The average molecular weight is 362 g/mol. The second kappa shape index (κ2) is 7.57. The molecule has 7 nitrogen and oxygen atoms in total. The first-order valence-electron chi connectivity index (χ1n) is 9.18. The van der Waals surface area contributed by atoms with Crippen LogP contribution in [0.25, 0.3) is 11.0 Å². The van der Waals surface area contributed by atoms with Crippen molar-refractivity contribution in [2.75, 3.05) is 22.6 Å². The predicted octanol–water partition coefficient (Wildman–Crippen LogP) is 3.72. The van der Waals surface area contributed by atoms with E-state index in [0.717, 1.165) is 60.2 Å². The first kappa shape index (κ1) is 17.2. The third-order valence-corrected chi connectivity index (χ3v) is 5.00. The highest BCUT2D eigenvalue weighted by atomic mass is 16.1. The van der Waals surface area contributed by atoms with Crippen molar-refractivity contribution in [1.82, 2.24) is 15.0 Å². The Kier molecular flexibility index (Phi) is 4.82. The Labute approximate surface area is 157 Å². The van der Waals surface area contributed by atoms with E-state index in [-0.39, 0.29) is 6.04 Å². The van der Waals surface area contributed by atoms with Crippen LogP contribution in [-0.4, -0.2) is 34.5 Å². The number of hydrogen-bond donors (Lipinski definition) is 2. The van der Waals surface area contributed by atoms with Gasteiger partial charge in [0, 0.05) is 37.2 Å². The molecule has 0 bridgehead atoms. The predicted molar refractivity (Wildman–Crippen MR) is 107 cm³/mol. The summed E-state index contributed by atoms with van der Waals surface area (Å²) in [7, 11) is 1.84. The number of anilines is 4. The van der Waals surface area contributed by atoms with E-state index in [2.05, 4.69) is 25.6 Å². The van der Waals surface area contributed by atoms with E-state index in [1.165, 1.54) is 0 Å². The largest absolute Gasteiger partial charge is 0.385 e. The van der Waals surface area contributed by atoms with Crippen LogP contribution in [0.4, 0.5) is 22.9 Å². The number of carbonyl (C=O) groups is 1. The van der Waals surface area contributed by atoms with Crippen LogP contribution in [0.2, 0.25) is 0 Å². The number of rotatable bonds is 6. The number of fused-ring (bicyclic) bond motifs is 1. The Bertz CT molecular complexity index is 954. The molecule has 0 unspecified atom stereocenters. The van der Waals surface area contributed by atoms with Crippen molar-refractivity contribution in [3.63, 3.8) is 0 Å². The van der Waals surface area contributed by atoms with Crippen molar-refractivity contribution in [3.8, 4) is 0 Å². The van der Waals surface area contributed by atoms with Gasteiger partial charge in [0.15, 0.2) is 0 Å². The Morgan fingerprint density at radius 3 is 2.59 bits per heavy atom. The molecule has 4 rings (SSSR count). The Morgan fingerprint density at radius 1 is 1.07 bits per heavy atom. The van der Waals surface area contributed by atoms with Gasteiger partial charge < -0.3 is 15.5 Å². The molecule has 7 heteroatoms. The minimum absolute atomic E-state index is 0.251. The molecule has 1 fully saturated rings. The first-order valence-corrected chi connectivity index (χ1v) is 9.18. The fourth-order valence-electron chi connectivity index (χ4n) is 3.63. The van der Waals surface area contributed by atoms with Gasteiger partial charge in [-0.3, -0.25) is 14.8 Å². The van der Waals surface area contributed by atoms with Gasteiger partial charge in [-0.15, -0.1) is 0 Å². The van der Waals surface area contributed by atoms with Gasteiger partial charge in [-0.2, -0.15) is 0 Å². The van der Waals surface area contributed by atoms with E-state index in [4.69, 9.17) is 0 Å². The van der Waals surface area contributed by atoms with E-state index in [9.17, 15) is 4.79 Å². The lowest BCUT2D eigenvalue weighted by Crippen LogP contribution is -2.32. The monoisotopic (exact) mass is 362 g/mol. The Hall–Kier alpha value is -3.22. The summed E-state index contributed by atoms with van der Waals surface area (Å²) in [6.07, 6.45) is 10.4. The summed E-state index contributed by atoms with van der Waals surface area (Å²) in [5.74, 6) is 0.678. The van der Waals surface area contributed by atoms with Gasteiger partial charge in [-0.05, 0) is 31.0 Å². The number of hydrogen-bond acceptors (Lipinski definition) is 6. The number of benzene rings is 1. The van der Waals surface area contributed by atoms with Crippen molar-refractivity contribution in [2.45, 2.75) is 31.7 Å². The van der Waals surface area contributed by atoms with Gasteiger partial charge in [0.05, 0.1) is 28.6 Å². The van der Waals surface area contributed by atoms with E-state index in [1.54, 1.807) is 18.6 Å². The van der Waals surface area contributed by atoms with Crippen LogP contribution < -0.4 is 15.5 Å². The fraction of sp³-hybridized carbons (Fsp3) is 0.300. The van der Waals surface area contributed by atoms with E-state index in [0.29, 0.717) is 5.82 Å². The Morgan fingerprint density at radius 2 is 1.85 bits per heavy atom. The van der Waals surface area contributed by atoms with E-state index >= 15 is 0 Å². The highest BCUT2D eigenvalue weighted by Gasteiger charge is 2.24. The molecule has 0 aliphatic heterocycles. The molecule has 2 N–H and O–H groups in total. The molecule has 138 valence electrons. The molecule has 2 heterocycles. The third kappa shape index (κ3) is 3.53. The molecule has 1 saturated carbocycles. The van der Waals surface area contributed by atoms with Gasteiger partial charge in [0.2, 0.25) is 6.41 Å². The van der Waals surface area contributed by atoms with Crippen LogP contribution in [-0.2, 0) is 4.79 Å². The van der Waals surface area contributed by atoms with Gasteiger partial charge >= 0.3 is 0 Å². The maximum atomic E-state index is 11.8. The van der Waals surface area contributed by atoms with Crippen LogP contribution in [0.3, 0.4) is 0 Å². The van der Waals surface area contributed by atoms with Gasteiger partial charge in [0.25, 0.3) is 0 Å². The lowest BCUT2D eigenvalue weighted by Gasteiger charge is -2.27. The van der Waals surface area contributed by atoms with E-state index < -0.39 is 0 Å². The highest BCUT2D eigenvalue weighted by molar-refractivity contribution is 5.86. The SMILES string of the molecule is CNc1cnc(Nc2ccc3nccnc3c2)cc1N(C=O)C1CCCC1. The van der Waals surface area contributed by atoms with Crippen LogP contribution in [0, 0.1) is 0 Å². The number of nitrogens with one attached hydrogen (secondary N) is 2. The second-order valence-electron chi connectivity index (χ2n) is 6.67. The zero-order chi connectivity index (χ0) is 18.6. The van der Waals surface area contributed by atoms with Crippen molar-refractivity contribution in [1.29, 1.82) is 0 Å². The molecule has 0 saturated heterocycles. The molecule has 1 amide bonds. The van der Waals surface area contributed by atoms with Crippen LogP contribution in [0.1, 0.15) is 25.7 Å². The molecule has 2 aromatic heterocycles. The number of carbonyl (C=O) groups excluding carboxylic acids is 1. The number of pyridine rings is 1. The topological polar surface area (TPSA) is 83.0 Å². The highest BCUT2D eigenvalue weighted by Crippen LogP contribution is 2.33. The molecular formula is C20H22N6O. The summed E-state index contributed by atoms with van der Waals surface area (Å²) in [5.41, 5.74) is 4.21. The first-order chi connectivity index (χ1) is 13.3. The van der Waals surface area contributed by atoms with Gasteiger partial charge in [0.1, 0.15) is 5.82 Å². The molecule has 0 radical (unpaired) electrons. The van der Waals surface area contributed by atoms with E-state index in [1.807, 2.05) is 36.2 Å². The zero-order valence-corrected chi connectivity index (χ0v) is 15.2. The minimum Gasteiger partial charge on any atom is -0.385 e. The standard InChI is InChI=1S/C20H22N6O/c1-21-18-12-24-20(11-19(18)26(13-27)15-4-2-3-5-15)25-14-6-7-16-17(10-14)23-9-8-22-16/h6-13,15,21H,2-5H2,1H3,(H,24,25). The maximum absolute atomic E-state index is 11.8. The van der Waals surface area contributed by atoms with Crippen LogP contribution >= 0.6 is 0 Å². The number of nitrogens with zero attached hydrogens (tertiary/aromatic N) is 4. The quantitative estimate of drug-likeness (QED) is 0.651. The van der Waals surface area contributed by atoms with Crippen molar-refractivity contribution >= 4 is 40.3 Å². The normalized spacial score (nSPS) is 14.3. The molecule has 1 aliphatic carbocycles. The number of aromatic nitrogens is 3. The Balaban J connectivity index is 1.65. The van der Waals surface area contributed by atoms with Crippen molar-refractivity contribution in [3.05, 3.63) is 42.9 Å². The van der Waals surface area contributed by atoms with Crippen LogP contribution in [0.15, 0.2) is 42.9 Å². The summed E-state index contributed by atoms with van der Waals surface area (Å²) in [6, 6.07) is 7.97. The summed E-state index contributed by atoms with van der Waals surface area (Å²) in [5, 5.41) is 6.45. The summed E-state index contributed by atoms with van der Waals surface area (Å²) in [6.45, 7) is 0. The summed E-state index contributed by atoms with van der Waals surface area (Å²) in [4.78, 5) is 26.7. The molecule has 0 atom stereocenters. The van der Waals surface area contributed by atoms with Crippen molar-refractivity contribution < 1.29 is 4.79 Å². The smallest absolute Gasteiger partial charge is 0.214 e. The lowest BCUT2D eigenvalue weighted by molar-refractivity contribution is -0.107. The molecular weight excluding hydrogens is 340 g/mol. The fourth-order valence-corrected chi connectivity index (χ4v) is 3.63. The maximum Gasteiger partial charge on any atom is 0.214 e. The lowest BCUT2D eigenvalue weighted by atomic mass is 10.2. The van der Waals surface area contributed by atoms with Gasteiger partial charge in [-0.25, -0.2) is 4.98 Å². The zero-order valence-electron chi connectivity index (χ0n) is 15.2.